The maximum atomic E-state index is 12.0. The number of hydrogen-bond acceptors (Lipinski definition) is 7. The Morgan fingerprint density at radius 1 is 1.19 bits per heavy atom. The fourth-order valence-electron chi connectivity index (χ4n) is 3.03. The molecule has 0 saturated carbocycles. The highest BCUT2D eigenvalue weighted by atomic mass is 35.5. The molecule has 1 unspecified atom stereocenters. The van der Waals surface area contributed by atoms with Crippen LogP contribution in [0.15, 0.2) is 18.5 Å². The predicted molar refractivity (Wildman–Crippen MR) is 119 cm³/mol. The van der Waals surface area contributed by atoms with Gasteiger partial charge in [-0.2, -0.15) is 11.8 Å². The first-order chi connectivity index (χ1) is 11.8. The van der Waals surface area contributed by atoms with Crippen molar-refractivity contribution < 1.29 is 4.79 Å². The molecule has 1 atom stereocenters. The lowest BCUT2D eigenvalue weighted by molar-refractivity contribution is -0.121. The summed E-state index contributed by atoms with van der Waals surface area (Å²) < 4.78 is 0. The summed E-state index contributed by atoms with van der Waals surface area (Å²) in [7, 11) is 0. The van der Waals surface area contributed by atoms with E-state index < -0.39 is 0 Å². The number of carbonyl (C=O) groups excluding carboxylic acids is 1. The van der Waals surface area contributed by atoms with Gasteiger partial charge in [-0.05, 0) is 6.07 Å². The standard InChI is InChI=1S/C16H26N6OS.3ClH/c23-15(12-14-13-24-11-5-17-14)18-4-6-21-7-9-22(10-8-21)16-19-2-1-3-20-16;;;/h1-3,14,17H,4-13H2,(H,18,23);3*1H. The Balaban J connectivity index is 0.00000225. The zero-order valence-electron chi connectivity index (χ0n) is 15.2. The van der Waals surface area contributed by atoms with Crippen molar-refractivity contribution in [1.29, 1.82) is 0 Å². The minimum absolute atomic E-state index is 0. The molecule has 1 aromatic rings. The summed E-state index contributed by atoms with van der Waals surface area (Å²) in [5.74, 6) is 3.16. The minimum Gasteiger partial charge on any atom is -0.355 e. The summed E-state index contributed by atoms with van der Waals surface area (Å²) in [6, 6.07) is 2.17. The van der Waals surface area contributed by atoms with Gasteiger partial charge in [-0.3, -0.25) is 9.69 Å². The zero-order chi connectivity index (χ0) is 16.6. The van der Waals surface area contributed by atoms with E-state index in [1.807, 2.05) is 17.8 Å². The van der Waals surface area contributed by atoms with E-state index in [0.29, 0.717) is 12.5 Å². The van der Waals surface area contributed by atoms with Gasteiger partial charge in [0.05, 0.1) is 0 Å². The Kier molecular flexibility index (Phi) is 14.2. The van der Waals surface area contributed by atoms with Crippen LogP contribution in [-0.2, 0) is 4.79 Å². The molecule has 3 heterocycles. The van der Waals surface area contributed by atoms with Gasteiger partial charge in [0.15, 0.2) is 0 Å². The lowest BCUT2D eigenvalue weighted by Gasteiger charge is -2.34. The second kappa shape index (κ2) is 14.5. The van der Waals surface area contributed by atoms with Crippen LogP contribution in [0.4, 0.5) is 5.95 Å². The third-order valence-electron chi connectivity index (χ3n) is 4.39. The first kappa shape index (κ1) is 26.5. The molecule has 7 nitrogen and oxygen atoms in total. The summed E-state index contributed by atoms with van der Waals surface area (Å²) in [6.07, 6.45) is 4.15. The summed E-state index contributed by atoms with van der Waals surface area (Å²) in [5, 5.41) is 6.45. The molecule has 0 aromatic carbocycles. The van der Waals surface area contributed by atoms with E-state index in [1.54, 1.807) is 12.4 Å². The number of amides is 1. The number of carbonyl (C=O) groups is 1. The lowest BCUT2D eigenvalue weighted by Crippen LogP contribution is -2.49. The van der Waals surface area contributed by atoms with Crippen LogP contribution < -0.4 is 15.5 Å². The van der Waals surface area contributed by atoms with Crippen molar-refractivity contribution in [2.75, 3.05) is 62.2 Å². The van der Waals surface area contributed by atoms with Gasteiger partial charge in [0.2, 0.25) is 11.9 Å². The average Bonchev–Trinajstić information content (AvgIpc) is 2.64. The van der Waals surface area contributed by atoms with Crippen LogP contribution in [0.25, 0.3) is 0 Å². The molecule has 2 fully saturated rings. The van der Waals surface area contributed by atoms with Crippen molar-refractivity contribution >= 4 is 60.8 Å². The number of nitrogens with zero attached hydrogens (tertiary/aromatic N) is 4. The maximum Gasteiger partial charge on any atom is 0.225 e. The third kappa shape index (κ3) is 9.02. The minimum atomic E-state index is 0. The molecule has 0 bridgehead atoms. The van der Waals surface area contributed by atoms with Crippen LogP contribution in [0.5, 0.6) is 0 Å². The van der Waals surface area contributed by atoms with Crippen molar-refractivity contribution in [1.82, 2.24) is 25.5 Å². The number of piperazine rings is 1. The Morgan fingerprint density at radius 3 is 2.52 bits per heavy atom. The summed E-state index contributed by atoms with van der Waals surface area (Å²) in [5.41, 5.74) is 0. The molecule has 2 N–H and O–H groups in total. The van der Waals surface area contributed by atoms with Crippen LogP contribution in [0.2, 0.25) is 0 Å². The largest absolute Gasteiger partial charge is 0.355 e. The highest BCUT2D eigenvalue weighted by Crippen LogP contribution is 2.10. The topological polar surface area (TPSA) is 73.4 Å². The molecule has 2 aliphatic rings. The molecule has 0 aliphatic carbocycles. The lowest BCUT2D eigenvalue weighted by atomic mass is 10.2. The summed E-state index contributed by atoms with van der Waals surface area (Å²) >= 11 is 1.92. The molecule has 27 heavy (non-hydrogen) atoms. The Labute approximate surface area is 184 Å². The van der Waals surface area contributed by atoms with Gasteiger partial charge in [0.1, 0.15) is 0 Å². The van der Waals surface area contributed by atoms with Crippen LogP contribution in [0.3, 0.4) is 0 Å². The number of rotatable bonds is 6. The number of aromatic nitrogens is 2. The van der Waals surface area contributed by atoms with E-state index in [4.69, 9.17) is 0 Å². The van der Waals surface area contributed by atoms with Gasteiger partial charge in [-0.1, -0.05) is 0 Å². The first-order valence-electron chi connectivity index (χ1n) is 8.63. The molecule has 2 aliphatic heterocycles. The van der Waals surface area contributed by atoms with Gasteiger partial charge in [0.25, 0.3) is 0 Å². The highest BCUT2D eigenvalue weighted by Gasteiger charge is 2.19. The van der Waals surface area contributed by atoms with Crippen molar-refractivity contribution in [2.24, 2.45) is 0 Å². The predicted octanol–water partition coefficient (Wildman–Crippen LogP) is 1.08. The summed E-state index contributed by atoms with van der Waals surface area (Å²) in [6.45, 7) is 6.47. The van der Waals surface area contributed by atoms with E-state index in [-0.39, 0.29) is 43.1 Å². The van der Waals surface area contributed by atoms with Crippen LogP contribution in [0, 0.1) is 0 Å². The molecular formula is C16H29Cl3N6OS. The van der Waals surface area contributed by atoms with Crippen molar-refractivity contribution in [3.05, 3.63) is 18.5 Å². The van der Waals surface area contributed by atoms with Gasteiger partial charge in [-0.15, -0.1) is 37.2 Å². The van der Waals surface area contributed by atoms with Gasteiger partial charge in [0, 0.05) is 82.2 Å². The van der Waals surface area contributed by atoms with E-state index in [2.05, 4.69) is 30.4 Å². The van der Waals surface area contributed by atoms with Crippen molar-refractivity contribution in [3.8, 4) is 0 Å². The molecule has 156 valence electrons. The molecule has 2 saturated heterocycles. The van der Waals surface area contributed by atoms with E-state index in [0.717, 1.165) is 63.3 Å². The maximum absolute atomic E-state index is 12.0. The molecule has 1 amide bonds. The molecular weight excluding hydrogens is 431 g/mol. The van der Waals surface area contributed by atoms with Crippen LogP contribution in [0.1, 0.15) is 6.42 Å². The zero-order valence-corrected chi connectivity index (χ0v) is 18.5. The monoisotopic (exact) mass is 458 g/mol. The number of nitrogens with one attached hydrogen (secondary N) is 2. The van der Waals surface area contributed by atoms with E-state index in [9.17, 15) is 4.79 Å². The molecule has 1 aromatic heterocycles. The molecule has 0 spiro atoms. The second-order valence-electron chi connectivity index (χ2n) is 6.16. The Morgan fingerprint density at radius 2 is 1.89 bits per heavy atom. The van der Waals surface area contributed by atoms with Crippen molar-refractivity contribution in [3.63, 3.8) is 0 Å². The Bertz CT molecular complexity index is 516. The average molecular weight is 460 g/mol. The quantitative estimate of drug-likeness (QED) is 0.659. The van der Waals surface area contributed by atoms with E-state index in [1.165, 1.54) is 0 Å². The fourth-order valence-corrected chi connectivity index (χ4v) is 3.98. The van der Waals surface area contributed by atoms with Gasteiger partial charge >= 0.3 is 0 Å². The molecule has 0 radical (unpaired) electrons. The van der Waals surface area contributed by atoms with Crippen LogP contribution >= 0.6 is 49.0 Å². The highest BCUT2D eigenvalue weighted by molar-refractivity contribution is 7.99. The number of thioether (sulfide) groups is 1. The second-order valence-corrected chi connectivity index (χ2v) is 7.31. The third-order valence-corrected chi connectivity index (χ3v) is 5.52. The summed E-state index contributed by atoms with van der Waals surface area (Å²) in [4.78, 5) is 25.2. The number of hydrogen-bond donors (Lipinski definition) is 2. The van der Waals surface area contributed by atoms with Crippen molar-refractivity contribution in [2.45, 2.75) is 12.5 Å². The normalized spacial score (nSPS) is 19.9. The molecule has 11 heteroatoms. The van der Waals surface area contributed by atoms with Gasteiger partial charge < -0.3 is 15.5 Å². The SMILES string of the molecule is Cl.Cl.Cl.O=C(CC1CSCCN1)NCCN1CCN(c2ncccn2)CC1. The van der Waals surface area contributed by atoms with Gasteiger partial charge in [-0.25, -0.2) is 9.97 Å². The smallest absolute Gasteiger partial charge is 0.225 e. The number of anilines is 1. The molecule has 3 rings (SSSR count). The number of halogens is 3. The van der Waals surface area contributed by atoms with Crippen LogP contribution in [-0.4, -0.2) is 84.1 Å². The first-order valence-corrected chi connectivity index (χ1v) is 9.79. The Hall–Kier alpha value is -0.510. The fraction of sp³-hybridized carbons (Fsp3) is 0.688. The van der Waals surface area contributed by atoms with E-state index >= 15 is 0 Å².